The van der Waals surface area contributed by atoms with Gasteiger partial charge in [0.25, 0.3) is 0 Å². The van der Waals surface area contributed by atoms with Gasteiger partial charge in [0.15, 0.2) is 0 Å². The Morgan fingerprint density at radius 2 is 1.95 bits per heavy atom. The number of hydrogen-bond acceptors (Lipinski definition) is 2. The smallest absolute Gasteiger partial charge is 0.243 e. The van der Waals surface area contributed by atoms with E-state index in [1.165, 1.54) is 5.56 Å². The van der Waals surface area contributed by atoms with Gasteiger partial charge >= 0.3 is 0 Å². The second-order valence-electron chi connectivity index (χ2n) is 5.52. The molecule has 1 amide bonds. The minimum atomic E-state index is -0.743. The molecule has 3 nitrogen and oxygen atoms in total. The summed E-state index contributed by atoms with van der Waals surface area (Å²) in [7, 11) is 0. The predicted octanol–water partition coefficient (Wildman–Crippen LogP) is 3.16. The molecule has 0 spiro atoms. The Morgan fingerprint density at radius 1 is 1.30 bits per heavy atom. The summed E-state index contributed by atoms with van der Waals surface area (Å²) in [6, 6.07) is 12.5. The number of nitrogens with zero attached hydrogens (tertiary/aromatic N) is 2. The molecule has 0 aromatic heterocycles. The van der Waals surface area contributed by atoms with Crippen LogP contribution in [0.5, 0.6) is 0 Å². The maximum Gasteiger partial charge on any atom is 0.243 e. The largest absolute Gasteiger partial charge is 0.341 e. The quantitative estimate of drug-likeness (QED) is 0.825. The first kappa shape index (κ1) is 14.6. The van der Waals surface area contributed by atoms with Gasteiger partial charge in [0.1, 0.15) is 5.41 Å². The van der Waals surface area contributed by atoms with Gasteiger partial charge in [-0.05, 0) is 31.7 Å². The average Bonchev–Trinajstić information content (AvgIpc) is 2.99. The van der Waals surface area contributed by atoms with Gasteiger partial charge in [0, 0.05) is 13.1 Å². The van der Waals surface area contributed by atoms with Crippen molar-refractivity contribution in [2.24, 2.45) is 5.41 Å². The van der Waals surface area contributed by atoms with Crippen molar-refractivity contribution < 1.29 is 4.79 Å². The minimum absolute atomic E-state index is 0.0379. The van der Waals surface area contributed by atoms with Crippen LogP contribution in [0.2, 0.25) is 0 Å². The molecule has 2 rings (SSSR count). The molecule has 0 radical (unpaired) electrons. The van der Waals surface area contributed by atoms with Crippen LogP contribution in [0.3, 0.4) is 0 Å². The van der Waals surface area contributed by atoms with Crippen LogP contribution in [0, 0.1) is 16.7 Å². The molecule has 106 valence electrons. The van der Waals surface area contributed by atoms with Crippen LogP contribution in [-0.2, 0) is 11.2 Å². The summed E-state index contributed by atoms with van der Waals surface area (Å²) in [4.78, 5) is 14.5. The zero-order chi connectivity index (χ0) is 14.4. The summed E-state index contributed by atoms with van der Waals surface area (Å²) in [6.45, 7) is 3.36. The predicted molar refractivity (Wildman–Crippen MR) is 78.9 cm³/mol. The van der Waals surface area contributed by atoms with Crippen LogP contribution in [0.1, 0.15) is 38.2 Å². The molecule has 0 heterocycles. The Hall–Kier alpha value is -1.82. The first-order valence-corrected chi connectivity index (χ1v) is 7.46. The monoisotopic (exact) mass is 270 g/mol. The summed E-state index contributed by atoms with van der Waals surface area (Å²) in [5, 5.41) is 9.42. The molecular formula is C17H22N2O. The van der Waals surface area contributed by atoms with Gasteiger partial charge in [-0.2, -0.15) is 5.26 Å². The second kappa shape index (κ2) is 6.56. The van der Waals surface area contributed by atoms with Crippen LogP contribution < -0.4 is 0 Å². The Balaban J connectivity index is 2.01. The summed E-state index contributed by atoms with van der Waals surface area (Å²) in [6.07, 6.45) is 4.29. The van der Waals surface area contributed by atoms with Crippen molar-refractivity contribution in [2.45, 2.75) is 39.0 Å². The van der Waals surface area contributed by atoms with Crippen LogP contribution in [0.4, 0.5) is 0 Å². The first-order chi connectivity index (χ1) is 9.72. The normalized spacial score (nSPS) is 16.6. The third kappa shape index (κ3) is 3.01. The van der Waals surface area contributed by atoms with Crippen molar-refractivity contribution >= 4 is 5.91 Å². The van der Waals surface area contributed by atoms with Crippen molar-refractivity contribution in [1.29, 1.82) is 5.26 Å². The van der Waals surface area contributed by atoms with Crippen molar-refractivity contribution in [2.75, 3.05) is 13.1 Å². The highest BCUT2D eigenvalue weighted by Crippen LogP contribution is 2.39. The molecule has 0 atom stereocenters. The van der Waals surface area contributed by atoms with Crippen LogP contribution in [0.15, 0.2) is 30.3 Å². The maximum absolute atomic E-state index is 12.7. The van der Waals surface area contributed by atoms with Gasteiger partial charge in [0.2, 0.25) is 5.91 Å². The number of amides is 1. The van der Waals surface area contributed by atoms with E-state index in [0.29, 0.717) is 13.1 Å². The van der Waals surface area contributed by atoms with E-state index < -0.39 is 5.41 Å². The molecule has 1 saturated carbocycles. The topological polar surface area (TPSA) is 44.1 Å². The Kier molecular flexibility index (Phi) is 4.79. The third-order valence-electron chi connectivity index (χ3n) is 4.26. The maximum atomic E-state index is 12.7. The highest BCUT2D eigenvalue weighted by Gasteiger charge is 2.43. The molecule has 0 aliphatic heterocycles. The Labute approximate surface area is 121 Å². The third-order valence-corrected chi connectivity index (χ3v) is 4.26. The van der Waals surface area contributed by atoms with Gasteiger partial charge in [0.05, 0.1) is 6.07 Å². The number of rotatable bonds is 5. The summed E-state index contributed by atoms with van der Waals surface area (Å²) >= 11 is 0. The fourth-order valence-electron chi connectivity index (χ4n) is 2.97. The van der Waals surface area contributed by atoms with Crippen molar-refractivity contribution in [3.63, 3.8) is 0 Å². The van der Waals surface area contributed by atoms with Crippen LogP contribution in [-0.4, -0.2) is 23.9 Å². The Morgan fingerprint density at radius 3 is 2.50 bits per heavy atom. The lowest BCUT2D eigenvalue weighted by molar-refractivity contribution is -0.138. The van der Waals surface area contributed by atoms with Gasteiger partial charge in [-0.1, -0.05) is 43.2 Å². The van der Waals surface area contributed by atoms with Crippen molar-refractivity contribution in [3.05, 3.63) is 35.9 Å². The van der Waals surface area contributed by atoms with Gasteiger partial charge < -0.3 is 4.90 Å². The molecule has 3 heteroatoms. The van der Waals surface area contributed by atoms with E-state index in [4.69, 9.17) is 0 Å². The molecular weight excluding hydrogens is 248 g/mol. The van der Waals surface area contributed by atoms with Crippen molar-refractivity contribution in [1.82, 2.24) is 4.90 Å². The molecule has 1 aliphatic carbocycles. The highest BCUT2D eigenvalue weighted by atomic mass is 16.2. The van der Waals surface area contributed by atoms with Gasteiger partial charge in [-0.3, -0.25) is 4.79 Å². The molecule has 1 aromatic carbocycles. The van der Waals surface area contributed by atoms with Crippen LogP contribution >= 0.6 is 0 Å². The van der Waals surface area contributed by atoms with E-state index in [1.807, 2.05) is 30.0 Å². The van der Waals surface area contributed by atoms with Gasteiger partial charge in [-0.25, -0.2) is 0 Å². The number of carbonyl (C=O) groups is 1. The lowest BCUT2D eigenvalue weighted by Gasteiger charge is -2.29. The van der Waals surface area contributed by atoms with Crippen molar-refractivity contribution in [3.8, 4) is 6.07 Å². The SMILES string of the molecule is CCN(CCc1ccccc1)C(=O)C1(C#N)CCCC1. The number of benzene rings is 1. The zero-order valence-corrected chi connectivity index (χ0v) is 12.1. The fraction of sp³-hybridized carbons (Fsp3) is 0.529. The fourth-order valence-corrected chi connectivity index (χ4v) is 2.97. The molecule has 0 bridgehead atoms. The lowest BCUT2D eigenvalue weighted by Crippen LogP contribution is -2.42. The zero-order valence-electron chi connectivity index (χ0n) is 12.1. The van der Waals surface area contributed by atoms with E-state index in [9.17, 15) is 10.1 Å². The number of carbonyl (C=O) groups excluding carboxylic acids is 1. The number of hydrogen-bond donors (Lipinski definition) is 0. The molecule has 0 N–H and O–H groups in total. The lowest BCUT2D eigenvalue weighted by atomic mass is 9.86. The minimum Gasteiger partial charge on any atom is -0.341 e. The first-order valence-electron chi connectivity index (χ1n) is 7.46. The van der Waals surface area contributed by atoms with E-state index >= 15 is 0 Å². The van der Waals surface area contributed by atoms with E-state index in [2.05, 4.69) is 18.2 Å². The number of likely N-dealkylation sites (N-methyl/N-ethyl adjacent to an activating group) is 1. The highest BCUT2D eigenvalue weighted by molar-refractivity contribution is 5.85. The molecule has 1 fully saturated rings. The van der Waals surface area contributed by atoms with E-state index in [1.54, 1.807) is 0 Å². The summed E-state index contributed by atoms with van der Waals surface area (Å²) in [5.41, 5.74) is 0.489. The molecule has 20 heavy (non-hydrogen) atoms. The number of nitriles is 1. The second-order valence-corrected chi connectivity index (χ2v) is 5.52. The summed E-state index contributed by atoms with van der Waals surface area (Å²) in [5.74, 6) is 0.0379. The summed E-state index contributed by atoms with van der Waals surface area (Å²) < 4.78 is 0. The molecule has 0 saturated heterocycles. The standard InChI is InChI=1S/C17H22N2O/c1-2-19(13-10-15-8-4-3-5-9-15)16(20)17(14-18)11-6-7-12-17/h3-5,8-9H,2,6-7,10-13H2,1H3. The van der Waals surface area contributed by atoms with Gasteiger partial charge in [-0.15, -0.1) is 0 Å². The van der Waals surface area contributed by atoms with E-state index in [-0.39, 0.29) is 5.91 Å². The average molecular weight is 270 g/mol. The van der Waals surface area contributed by atoms with Crippen LogP contribution in [0.25, 0.3) is 0 Å². The Bertz CT molecular complexity index is 483. The molecule has 0 unspecified atom stereocenters. The van der Waals surface area contributed by atoms with E-state index in [0.717, 1.165) is 32.1 Å². The molecule has 1 aromatic rings. The molecule has 1 aliphatic rings.